The summed E-state index contributed by atoms with van der Waals surface area (Å²) in [7, 11) is 0. The minimum atomic E-state index is -4.42. The molecule has 2 aromatic rings. The summed E-state index contributed by atoms with van der Waals surface area (Å²) in [6.07, 6.45) is -2.68. The van der Waals surface area contributed by atoms with Gasteiger partial charge in [0.05, 0.1) is 11.1 Å². The maximum atomic E-state index is 12.6. The van der Waals surface area contributed by atoms with Gasteiger partial charge in [-0.3, -0.25) is 9.59 Å². The summed E-state index contributed by atoms with van der Waals surface area (Å²) in [5, 5.41) is 2.68. The molecule has 9 nitrogen and oxygen atoms in total. The Morgan fingerprint density at radius 2 is 1.74 bits per heavy atom. The number of hydrogen-bond acceptors (Lipinski definition) is 7. The summed E-state index contributed by atoms with van der Waals surface area (Å²) in [6.45, 7) is 0.690. The number of nitrogens with zero attached hydrogens (tertiary/aromatic N) is 3. The monoisotopic (exact) mass is 437 g/mol. The Morgan fingerprint density at radius 1 is 1.13 bits per heavy atom. The van der Waals surface area contributed by atoms with Gasteiger partial charge in [-0.15, -0.1) is 0 Å². The highest BCUT2D eigenvalue weighted by Gasteiger charge is 2.38. The van der Waals surface area contributed by atoms with Crippen LogP contribution in [0.1, 0.15) is 34.3 Å². The van der Waals surface area contributed by atoms with Gasteiger partial charge in [0.1, 0.15) is 23.5 Å². The summed E-state index contributed by atoms with van der Waals surface area (Å²) in [6, 6.07) is 4.53. The van der Waals surface area contributed by atoms with Gasteiger partial charge < -0.3 is 27.4 Å². The summed E-state index contributed by atoms with van der Waals surface area (Å²) < 4.78 is 37.9. The number of halogens is 3. The molecule has 1 aliphatic heterocycles. The van der Waals surface area contributed by atoms with Crippen LogP contribution in [0.15, 0.2) is 30.6 Å². The van der Waals surface area contributed by atoms with Gasteiger partial charge in [-0.05, 0) is 30.5 Å². The molecule has 0 saturated carbocycles. The molecule has 1 aromatic carbocycles. The number of benzene rings is 1. The van der Waals surface area contributed by atoms with Gasteiger partial charge >= 0.3 is 6.18 Å². The summed E-state index contributed by atoms with van der Waals surface area (Å²) in [5.74, 6) is -0.917. The standard InChI is InChI=1S/C19H22F3N7O2/c20-19(21,22)12-3-1-11(2-4-12)9-26-17(31)18(25)5-7-29(8-6-18)16-13(15(24)30)14(23)27-10-28-16/h1-4,10H,5-9,25H2,(H2,24,30)(H,26,31)(H2,23,27,28). The first-order valence-corrected chi connectivity index (χ1v) is 9.40. The quantitative estimate of drug-likeness (QED) is 0.539. The Bertz CT molecular complexity index is 971. The van der Waals surface area contributed by atoms with E-state index in [2.05, 4.69) is 15.3 Å². The largest absolute Gasteiger partial charge is 0.416 e. The van der Waals surface area contributed by atoms with Crippen LogP contribution >= 0.6 is 0 Å². The van der Waals surface area contributed by atoms with Crippen LogP contribution < -0.4 is 27.4 Å². The SMILES string of the molecule is NC(=O)c1c(N)ncnc1N1CCC(N)(C(=O)NCc2ccc(C(F)(F)F)cc2)CC1. The lowest BCUT2D eigenvalue weighted by Crippen LogP contribution is -2.59. The van der Waals surface area contributed by atoms with Gasteiger partial charge in [-0.25, -0.2) is 9.97 Å². The second-order valence-electron chi connectivity index (χ2n) is 7.34. The van der Waals surface area contributed by atoms with Crippen molar-refractivity contribution in [3.8, 4) is 0 Å². The Hall–Kier alpha value is -3.41. The van der Waals surface area contributed by atoms with Crippen LogP contribution in [-0.4, -0.2) is 40.4 Å². The van der Waals surface area contributed by atoms with Crippen molar-refractivity contribution in [3.63, 3.8) is 0 Å². The molecule has 166 valence electrons. The number of alkyl halides is 3. The van der Waals surface area contributed by atoms with E-state index in [1.165, 1.54) is 18.5 Å². The molecule has 0 atom stereocenters. The number of hydrogen-bond donors (Lipinski definition) is 4. The molecule has 1 aliphatic rings. The lowest BCUT2D eigenvalue weighted by Gasteiger charge is -2.39. The molecule has 12 heteroatoms. The number of nitrogens with two attached hydrogens (primary N) is 3. The molecule has 7 N–H and O–H groups in total. The van der Waals surface area contributed by atoms with Crippen molar-refractivity contribution in [1.82, 2.24) is 15.3 Å². The molecule has 3 rings (SSSR count). The van der Waals surface area contributed by atoms with Gasteiger partial charge in [0, 0.05) is 19.6 Å². The predicted octanol–water partition coefficient (Wildman–Crippen LogP) is 0.791. The van der Waals surface area contributed by atoms with Crippen molar-refractivity contribution in [2.24, 2.45) is 11.5 Å². The van der Waals surface area contributed by atoms with Crippen LogP contribution in [0.25, 0.3) is 0 Å². The van der Waals surface area contributed by atoms with E-state index in [-0.39, 0.29) is 36.6 Å². The summed E-state index contributed by atoms with van der Waals surface area (Å²) in [5.41, 5.74) is 16.0. The van der Waals surface area contributed by atoms with Crippen LogP contribution in [0.4, 0.5) is 24.8 Å². The lowest BCUT2D eigenvalue weighted by molar-refractivity contribution is -0.137. The molecule has 1 aromatic heterocycles. The van der Waals surface area contributed by atoms with Gasteiger partial charge in [0.25, 0.3) is 5.91 Å². The number of rotatable bonds is 5. The smallest absolute Gasteiger partial charge is 0.383 e. The first-order chi connectivity index (χ1) is 14.5. The van der Waals surface area contributed by atoms with Crippen molar-refractivity contribution in [2.45, 2.75) is 31.1 Å². The van der Waals surface area contributed by atoms with E-state index in [1.807, 2.05) is 0 Å². The molecule has 1 saturated heterocycles. The van der Waals surface area contributed by atoms with Crippen LogP contribution in [-0.2, 0) is 17.5 Å². The third kappa shape index (κ3) is 4.85. The average Bonchev–Trinajstić information content (AvgIpc) is 2.71. The van der Waals surface area contributed by atoms with Gasteiger partial charge in [0.2, 0.25) is 5.91 Å². The van der Waals surface area contributed by atoms with E-state index in [0.717, 1.165) is 12.1 Å². The third-order valence-electron chi connectivity index (χ3n) is 5.24. The number of anilines is 2. The highest BCUT2D eigenvalue weighted by Crippen LogP contribution is 2.30. The molecule has 1 fully saturated rings. The molecule has 0 bridgehead atoms. The molecular formula is C19H22F3N7O2. The number of primary amides is 1. The van der Waals surface area contributed by atoms with Gasteiger partial charge in [-0.2, -0.15) is 13.2 Å². The van der Waals surface area contributed by atoms with E-state index in [0.29, 0.717) is 18.7 Å². The Morgan fingerprint density at radius 3 is 2.29 bits per heavy atom. The normalized spacial score (nSPS) is 16.1. The van der Waals surface area contributed by atoms with Crippen molar-refractivity contribution in [2.75, 3.05) is 23.7 Å². The summed E-state index contributed by atoms with van der Waals surface area (Å²) >= 11 is 0. The van der Waals surface area contributed by atoms with Crippen molar-refractivity contribution < 1.29 is 22.8 Å². The maximum absolute atomic E-state index is 12.6. The minimum Gasteiger partial charge on any atom is -0.383 e. The zero-order valence-electron chi connectivity index (χ0n) is 16.4. The summed E-state index contributed by atoms with van der Waals surface area (Å²) in [4.78, 5) is 34.0. The highest BCUT2D eigenvalue weighted by atomic mass is 19.4. The molecule has 2 heterocycles. The number of amides is 2. The van der Waals surface area contributed by atoms with Gasteiger partial charge in [0.15, 0.2) is 0 Å². The second-order valence-corrected chi connectivity index (χ2v) is 7.34. The van der Waals surface area contributed by atoms with Crippen molar-refractivity contribution in [3.05, 3.63) is 47.3 Å². The van der Waals surface area contributed by atoms with Crippen LogP contribution in [0.2, 0.25) is 0 Å². The fourth-order valence-corrected chi connectivity index (χ4v) is 3.38. The first kappa shape index (κ1) is 22.3. The fourth-order valence-electron chi connectivity index (χ4n) is 3.38. The number of nitrogens with one attached hydrogen (secondary N) is 1. The van der Waals surface area contributed by atoms with Crippen LogP contribution in [0.3, 0.4) is 0 Å². The number of carbonyl (C=O) groups is 2. The van der Waals surface area contributed by atoms with E-state index in [4.69, 9.17) is 17.2 Å². The number of aromatic nitrogens is 2. The third-order valence-corrected chi connectivity index (χ3v) is 5.24. The Kier molecular flexibility index (Phi) is 6.02. The second kappa shape index (κ2) is 8.38. The average molecular weight is 437 g/mol. The Labute approximate surface area is 175 Å². The molecule has 0 unspecified atom stereocenters. The van der Waals surface area contributed by atoms with E-state index in [9.17, 15) is 22.8 Å². The molecule has 31 heavy (non-hydrogen) atoms. The van der Waals surface area contributed by atoms with E-state index in [1.54, 1.807) is 4.90 Å². The Balaban J connectivity index is 1.61. The molecule has 0 radical (unpaired) electrons. The highest BCUT2D eigenvalue weighted by molar-refractivity contribution is 6.02. The molecular weight excluding hydrogens is 415 g/mol. The zero-order valence-corrected chi connectivity index (χ0v) is 16.4. The number of carbonyl (C=O) groups excluding carboxylic acids is 2. The molecule has 0 spiro atoms. The topological polar surface area (TPSA) is 153 Å². The fraction of sp³-hybridized carbons (Fsp3) is 0.368. The van der Waals surface area contributed by atoms with Crippen LogP contribution in [0, 0.1) is 0 Å². The predicted molar refractivity (Wildman–Crippen MR) is 107 cm³/mol. The number of piperidine rings is 1. The first-order valence-electron chi connectivity index (χ1n) is 9.40. The molecule has 0 aliphatic carbocycles. The maximum Gasteiger partial charge on any atom is 0.416 e. The number of nitrogen functional groups attached to an aromatic ring is 1. The zero-order chi connectivity index (χ0) is 22.8. The van der Waals surface area contributed by atoms with Gasteiger partial charge in [-0.1, -0.05) is 12.1 Å². The van der Waals surface area contributed by atoms with Crippen LogP contribution in [0.5, 0.6) is 0 Å². The van der Waals surface area contributed by atoms with E-state index >= 15 is 0 Å². The molecule has 2 amide bonds. The lowest BCUT2D eigenvalue weighted by atomic mass is 9.87. The van der Waals surface area contributed by atoms with E-state index < -0.39 is 29.1 Å². The minimum absolute atomic E-state index is 0.0128. The van der Waals surface area contributed by atoms with Crippen molar-refractivity contribution in [1.29, 1.82) is 0 Å². The van der Waals surface area contributed by atoms with Crippen molar-refractivity contribution >= 4 is 23.5 Å².